The maximum absolute atomic E-state index is 12.4. The number of nitrogens with one attached hydrogen (secondary N) is 1. The second-order valence-corrected chi connectivity index (χ2v) is 5.62. The van der Waals surface area contributed by atoms with Crippen molar-refractivity contribution in [2.24, 2.45) is 11.7 Å². The summed E-state index contributed by atoms with van der Waals surface area (Å²) in [6, 6.07) is 6.33. The largest absolute Gasteiger partial charge is 0.406 e. The molecule has 1 aliphatic heterocycles. The van der Waals surface area contributed by atoms with E-state index in [1.54, 1.807) is 24.3 Å². The molecule has 1 aliphatic rings. The van der Waals surface area contributed by atoms with Crippen LogP contribution in [0.2, 0.25) is 0 Å². The van der Waals surface area contributed by atoms with Gasteiger partial charge in [0.15, 0.2) is 0 Å². The topological polar surface area (TPSA) is 92.5 Å². The number of nitrogens with two attached hydrogens (primary N) is 1. The van der Waals surface area contributed by atoms with Gasteiger partial charge in [-0.1, -0.05) is 12.1 Å². The summed E-state index contributed by atoms with van der Waals surface area (Å²) in [5.74, 6) is -2.52. The van der Waals surface area contributed by atoms with E-state index in [4.69, 9.17) is 5.73 Å². The zero-order valence-electron chi connectivity index (χ0n) is 12.6. The molecule has 1 aromatic carbocycles. The van der Waals surface area contributed by atoms with Gasteiger partial charge in [-0.05, 0) is 17.7 Å². The first kappa shape index (κ1) is 17.8. The average molecular weight is 343 g/mol. The minimum atomic E-state index is -4.49. The summed E-state index contributed by atoms with van der Waals surface area (Å²) in [7, 11) is 0. The van der Waals surface area contributed by atoms with Gasteiger partial charge >= 0.3 is 6.18 Å². The number of hydrogen-bond acceptors (Lipinski definition) is 3. The highest BCUT2D eigenvalue weighted by atomic mass is 19.4. The van der Waals surface area contributed by atoms with Crippen molar-refractivity contribution in [3.05, 3.63) is 29.8 Å². The molecule has 0 aromatic heterocycles. The number of hydrogen-bond donors (Lipinski definition) is 2. The van der Waals surface area contributed by atoms with E-state index in [0.717, 1.165) is 0 Å². The van der Waals surface area contributed by atoms with E-state index in [9.17, 15) is 27.6 Å². The molecule has 3 amide bonds. The summed E-state index contributed by atoms with van der Waals surface area (Å²) >= 11 is 0. The van der Waals surface area contributed by atoms with Gasteiger partial charge < -0.3 is 16.0 Å². The van der Waals surface area contributed by atoms with Crippen molar-refractivity contribution in [2.75, 3.05) is 18.4 Å². The monoisotopic (exact) mass is 343 g/mol. The molecule has 0 aliphatic carbocycles. The highest BCUT2D eigenvalue weighted by Crippen LogP contribution is 2.24. The predicted molar refractivity (Wildman–Crippen MR) is 78.7 cm³/mol. The fourth-order valence-corrected chi connectivity index (χ4v) is 2.47. The van der Waals surface area contributed by atoms with Gasteiger partial charge in [0.2, 0.25) is 17.7 Å². The number of carbonyl (C=O) groups excluding carboxylic acids is 3. The van der Waals surface area contributed by atoms with Crippen molar-refractivity contribution in [2.45, 2.75) is 19.0 Å². The van der Waals surface area contributed by atoms with Gasteiger partial charge in [0.05, 0.1) is 12.3 Å². The number of rotatable bonds is 5. The Kier molecular flexibility index (Phi) is 5.10. The second-order valence-electron chi connectivity index (χ2n) is 5.62. The van der Waals surface area contributed by atoms with E-state index < -0.39 is 36.4 Å². The number of halogens is 3. The quantitative estimate of drug-likeness (QED) is 0.837. The molecule has 0 unspecified atom stereocenters. The Bertz CT molecular complexity index is 644. The molecule has 6 nitrogen and oxygen atoms in total. The lowest BCUT2D eigenvalue weighted by atomic mass is 10.1. The molecule has 9 heteroatoms. The van der Waals surface area contributed by atoms with Crippen LogP contribution in [0, 0.1) is 5.92 Å². The maximum Gasteiger partial charge on any atom is 0.406 e. The van der Waals surface area contributed by atoms with Crippen molar-refractivity contribution >= 4 is 23.4 Å². The lowest BCUT2D eigenvalue weighted by molar-refractivity contribution is -0.157. The molecule has 1 fully saturated rings. The van der Waals surface area contributed by atoms with Gasteiger partial charge in [0.1, 0.15) is 6.54 Å². The van der Waals surface area contributed by atoms with Gasteiger partial charge in [-0.25, -0.2) is 0 Å². The molecule has 1 aromatic rings. The van der Waals surface area contributed by atoms with E-state index in [1.807, 2.05) is 0 Å². The van der Waals surface area contributed by atoms with E-state index in [2.05, 4.69) is 5.32 Å². The standard InChI is InChI=1S/C15H16F3N3O3/c16-15(17,18)8-21-7-10(6-13(21)23)14(24)20-11-3-1-9(2-4-11)5-12(19)22/h1-4,10H,5-8H2,(H2,19,22)(H,20,24)/t10-/m0/s1. The van der Waals surface area contributed by atoms with Crippen LogP contribution >= 0.6 is 0 Å². The number of anilines is 1. The maximum atomic E-state index is 12.4. The Morgan fingerprint density at radius 1 is 1.25 bits per heavy atom. The molecule has 0 radical (unpaired) electrons. The lowest BCUT2D eigenvalue weighted by Crippen LogP contribution is -2.36. The van der Waals surface area contributed by atoms with Gasteiger partial charge in [0, 0.05) is 18.7 Å². The first-order chi connectivity index (χ1) is 11.1. The number of benzene rings is 1. The molecule has 0 saturated carbocycles. The van der Waals surface area contributed by atoms with Gasteiger partial charge in [0.25, 0.3) is 0 Å². The molecular weight excluding hydrogens is 327 g/mol. The predicted octanol–water partition coefficient (Wildman–Crippen LogP) is 1.06. The minimum Gasteiger partial charge on any atom is -0.369 e. The van der Waals surface area contributed by atoms with Crippen LogP contribution in [0.1, 0.15) is 12.0 Å². The summed E-state index contributed by atoms with van der Waals surface area (Å²) in [5, 5.41) is 2.55. The van der Waals surface area contributed by atoms with Crippen molar-refractivity contribution in [3.63, 3.8) is 0 Å². The Hall–Kier alpha value is -2.58. The summed E-state index contributed by atoms with van der Waals surface area (Å²) in [6.07, 6.45) is -4.67. The minimum absolute atomic E-state index is 0.0672. The van der Waals surface area contributed by atoms with E-state index in [-0.39, 0.29) is 19.4 Å². The third-order valence-corrected chi connectivity index (χ3v) is 3.56. The van der Waals surface area contributed by atoms with Crippen LogP contribution in [-0.2, 0) is 20.8 Å². The fourth-order valence-electron chi connectivity index (χ4n) is 2.47. The third kappa shape index (κ3) is 4.97. The smallest absolute Gasteiger partial charge is 0.369 e. The number of carbonyl (C=O) groups is 3. The van der Waals surface area contributed by atoms with Crippen LogP contribution in [0.3, 0.4) is 0 Å². The van der Waals surface area contributed by atoms with E-state index >= 15 is 0 Å². The van der Waals surface area contributed by atoms with Crippen molar-refractivity contribution < 1.29 is 27.6 Å². The summed E-state index contributed by atoms with van der Waals surface area (Å²) in [5.41, 5.74) is 6.17. The number of nitrogens with zero attached hydrogens (tertiary/aromatic N) is 1. The lowest BCUT2D eigenvalue weighted by Gasteiger charge is -2.18. The van der Waals surface area contributed by atoms with Gasteiger partial charge in [-0.2, -0.15) is 13.2 Å². The van der Waals surface area contributed by atoms with Crippen LogP contribution in [0.5, 0.6) is 0 Å². The summed E-state index contributed by atoms with van der Waals surface area (Å²) in [4.78, 5) is 35.1. The molecule has 1 saturated heterocycles. The second kappa shape index (κ2) is 6.90. The molecule has 130 valence electrons. The first-order valence-corrected chi connectivity index (χ1v) is 7.16. The highest BCUT2D eigenvalue weighted by Gasteiger charge is 2.40. The van der Waals surface area contributed by atoms with Crippen LogP contribution in [-0.4, -0.2) is 41.9 Å². The Balaban J connectivity index is 1.93. The van der Waals surface area contributed by atoms with Crippen molar-refractivity contribution in [3.8, 4) is 0 Å². The van der Waals surface area contributed by atoms with Crippen molar-refractivity contribution in [1.82, 2.24) is 4.90 Å². The molecule has 24 heavy (non-hydrogen) atoms. The van der Waals surface area contributed by atoms with Crippen LogP contribution in [0.4, 0.5) is 18.9 Å². The Morgan fingerprint density at radius 2 is 1.88 bits per heavy atom. The van der Waals surface area contributed by atoms with E-state index in [0.29, 0.717) is 16.2 Å². The zero-order chi connectivity index (χ0) is 17.9. The SMILES string of the molecule is NC(=O)Cc1ccc(NC(=O)[C@H]2CC(=O)N(CC(F)(F)F)C2)cc1. The first-order valence-electron chi connectivity index (χ1n) is 7.16. The molecule has 0 bridgehead atoms. The number of alkyl halides is 3. The molecule has 2 rings (SSSR count). The molecule has 1 heterocycles. The fraction of sp³-hybridized carbons (Fsp3) is 0.400. The Labute approximate surface area is 135 Å². The van der Waals surface area contributed by atoms with Crippen LogP contribution < -0.4 is 11.1 Å². The van der Waals surface area contributed by atoms with Gasteiger partial charge in [-0.3, -0.25) is 14.4 Å². The molecule has 3 N–H and O–H groups in total. The van der Waals surface area contributed by atoms with E-state index in [1.165, 1.54) is 0 Å². The zero-order valence-corrected chi connectivity index (χ0v) is 12.6. The summed E-state index contributed by atoms with van der Waals surface area (Å²) < 4.78 is 37.1. The molecule has 0 spiro atoms. The van der Waals surface area contributed by atoms with Gasteiger partial charge in [-0.15, -0.1) is 0 Å². The summed E-state index contributed by atoms with van der Waals surface area (Å²) in [6.45, 7) is -1.61. The molecule has 1 atom stereocenters. The van der Waals surface area contributed by atoms with Crippen LogP contribution in [0.15, 0.2) is 24.3 Å². The molecular formula is C15H16F3N3O3. The number of likely N-dealkylation sites (tertiary alicyclic amines) is 1. The number of amides is 3. The van der Waals surface area contributed by atoms with Crippen LogP contribution in [0.25, 0.3) is 0 Å². The Morgan fingerprint density at radius 3 is 2.42 bits per heavy atom. The highest BCUT2D eigenvalue weighted by molar-refractivity contribution is 5.97. The average Bonchev–Trinajstić information content (AvgIpc) is 2.80. The normalized spacial score (nSPS) is 17.9. The number of primary amides is 1. The van der Waals surface area contributed by atoms with Crippen molar-refractivity contribution in [1.29, 1.82) is 0 Å². The third-order valence-electron chi connectivity index (χ3n) is 3.56.